The summed E-state index contributed by atoms with van der Waals surface area (Å²) in [5.41, 5.74) is 0.999. The molecule has 18 heavy (non-hydrogen) atoms. The molecule has 94 valence electrons. The van der Waals surface area contributed by atoms with E-state index in [9.17, 15) is 4.79 Å². The number of carboxylic acid groups (broad SMARTS) is 1. The van der Waals surface area contributed by atoms with Crippen LogP contribution in [-0.4, -0.2) is 35.1 Å². The van der Waals surface area contributed by atoms with Gasteiger partial charge in [0.2, 0.25) is 0 Å². The van der Waals surface area contributed by atoms with Crippen LogP contribution in [-0.2, 0) is 4.79 Å². The second kappa shape index (κ2) is 5.70. The monoisotopic (exact) mass is 243 g/mol. The molecule has 0 aliphatic carbocycles. The normalized spacial score (nSPS) is 23.4. The van der Waals surface area contributed by atoms with Gasteiger partial charge in [0.1, 0.15) is 0 Å². The molecule has 2 unspecified atom stereocenters. The van der Waals surface area contributed by atoms with Crippen molar-refractivity contribution in [2.24, 2.45) is 5.92 Å². The van der Waals surface area contributed by atoms with E-state index < -0.39 is 5.97 Å². The van der Waals surface area contributed by atoms with Gasteiger partial charge in [-0.25, -0.2) is 0 Å². The second-order valence-corrected chi connectivity index (χ2v) is 4.61. The fraction of sp³-hybridized carbons (Fsp3) is 0.400. The molecular formula is C15H17NO2. The van der Waals surface area contributed by atoms with Crippen LogP contribution in [0.25, 0.3) is 0 Å². The Bertz CT molecular complexity index is 472. The van der Waals surface area contributed by atoms with Crippen molar-refractivity contribution in [2.45, 2.75) is 19.4 Å². The molecular weight excluding hydrogens is 226 g/mol. The molecule has 0 amide bonds. The Kier molecular flexibility index (Phi) is 4.01. The average Bonchev–Trinajstić information content (AvgIpc) is 2.73. The maximum Gasteiger partial charge on any atom is 0.308 e. The highest BCUT2D eigenvalue weighted by atomic mass is 16.4. The standard InChI is InChI=1S/C15H17NO2/c1-12-14(15(17)18)9-11-16(12)10-5-8-13-6-3-2-4-7-13/h2-4,6-7,12,14H,9-11H2,1H3,(H,17,18). The van der Waals surface area contributed by atoms with Crippen LogP contribution < -0.4 is 0 Å². The number of benzene rings is 1. The third-order valence-electron chi connectivity index (χ3n) is 3.49. The van der Waals surface area contributed by atoms with Crippen LogP contribution in [0.3, 0.4) is 0 Å². The summed E-state index contributed by atoms with van der Waals surface area (Å²) in [6.45, 7) is 3.43. The first-order valence-corrected chi connectivity index (χ1v) is 6.19. The van der Waals surface area contributed by atoms with Gasteiger partial charge < -0.3 is 5.11 Å². The van der Waals surface area contributed by atoms with E-state index in [4.69, 9.17) is 5.11 Å². The van der Waals surface area contributed by atoms with Crippen molar-refractivity contribution in [3.8, 4) is 11.8 Å². The molecule has 0 radical (unpaired) electrons. The van der Waals surface area contributed by atoms with E-state index in [1.54, 1.807) is 0 Å². The minimum absolute atomic E-state index is 0.0765. The summed E-state index contributed by atoms with van der Waals surface area (Å²) >= 11 is 0. The highest BCUT2D eigenvalue weighted by molar-refractivity contribution is 5.71. The SMILES string of the molecule is CC1C(C(=O)O)CCN1CC#Cc1ccccc1. The Labute approximate surface area is 107 Å². The third-order valence-corrected chi connectivity index (χ3v) is 3.49. The van der Waals surface area contributed by atoms with Crippen LogP contribution in [0, 0.1) is 17.8 Å². The summed E-state index contributed by atoms with van der Waals surface area (Å²) in [4.78, 5) is 13.1. The molecule has 0 saturated carbocycles. The second-order valence-electron chi connectivity index (χ2n) is 4.61. The Morgan fingerprint density at radius 2 is 2.17 bits per heavy atom. The lowest BCUT2D eigenvalue weighted by molar-refractivity contribution is -0.142. The Balaban J connectivity index is 1.93. The number of aliphatic carboxylic acids is 1. The van der Waals surface area contributed by atoms with Gasteiger partial charge in [0.05, 0.1) is 12.5 Å². The highest BCUT2D eigenvalue weighted by Crippen LogP contribution is 2.23. The van der Waals surface area contributed by atoms with E-state index in [-0.39, 0.29) is 12.0 Å². The first-order chi connectivity index (χ1) is 8.68. The van der Waals surface area contributed by atoms with E-state index in [0.29, 0.717) is 6.54 Å². The Hall–Kier alpha value is -1.79. The van der Waals surface area contributed by atoms with Crippen LogP contribution in [0.5, 0.6) is 0 Å². The third kappa shape index (κ3) is 2.91. The van der Waals surface area contributed by atoms with Crippen LogP contribution in [0.4, 0.5) is 0 Å². The first kappa shape index (κ1) is 12.7. The number of carboxylic acids is 1. The molecule has 1 aromatic rings. The number of hydrogen-bond acceptors (Lipinski definition) is 2. The minimum atomic E-state index is -0.694. The zero-order valence-electron chi connectivity index (χ0n) is 10.5. The molecule has 0 bridgehead atoms. The molecule has 2 atom stereocenters. The number of rotatable bonds is 2. The summed E-state index contributed by atoms with van der Waals surface area (Å²) in [5, 5.41) is 9.04. The van der Waals surface area contributed by atoms with E-state index >= 15 is 0 Å². The zero-order valence-corrected chi connectivity index (χ0v) is 10.5. The zero-order chi connectivity index (χ0) is 13.0. The maximum absolute atomic E-state index is 11.0. The Morgan fingerprint density at radius 1 is 1.44 bits per heavy atom. The van der Waals surface area contributed by atoms with Crippen molar-refractivity contribution in [3.63, 3.8) is 0 Å². The maximum atomic E-state index is 11.0. The predicted molar refractivity (Wildman–Crippen MR) is 70.1 cm³/mol. The lowest BCUT2D eigenvalue weighted by atomic mass is 10.0. The van der Waals surface area contributed by atoms with Crippen LogP contribution in [0.2, 0.25) is 0 Å². The molecule has 1 aliphatic heterocycles. The number of hydrogen-bond donors (Lipinski definition) is 1. The van der Waals surface area contributed by atoms with Gasteiger partial charge in [0.25, 0.3) is 0 Å². The predicted octanol–water partition coefficient (Wildman–Crippen LogP) is 1.83. The molecule has 1 heterocycles. The van der Waals surface area contributed by atoms with Crippen LogP contribution >= 0.6 is 0 Å². The summed E-state index contributed by atoms with van der Waals surface area (Å²) in [7, 11) is 0. The highest BCUT2D eigenvalue weighted by Gasteiger charge is 2.34. The van der Waals surface area contributed by atoms with Crippen molar-refractivity contribution in [3.05, 3.63) is 35.9 Å². The molecule has 3 heteroatoms. The van der Waals surface area contributed by atoms with Gasteiger partial charge in [0, 0.05) is 18.2 Å². The summed E-state index contributed by atoms with van der Waals surface area (Å²) in [5.74, 6) is 5.27. The topological polar surface area (TPSA) is 40.5 Å². The lowest BCUT2D eigenvalue weighted by Gasteiger charge is -2.20. The van der Waals surface area contributed by atoms with Crippen molar-refractivity contribution in [1.82, 2.24) is 4.90 Å². The van der Waals surface area contributed by atoms with Gasteiger partial charge in [-0.3, -0.25) is 9.69 Å². The van der Waals surface area contributed by atoms with Crippen molar-refractivity contribution in [1.29, 1.82) is 0 Å². The number of carbonyl (C=O) groups is 1. The molecule has 2 rings (SSSR count). The largest absolute Gasteiger partial charge is 0.481 e. The van der Waals surface area contributed by atoms with E-state index in [1.165, 1.54) is 0 Å². The average molecular weight is 243 g/mol. The van der Waals surface area contributed by atoms with Crippen LogP contribution in [0.1, 0.15) is 18.9 Å². The minimum Gasteiger partial charge on any atom is -0.481 e. The summed E-state index contributed by atoms with van der Waals surface area (Å²) < 4.78 is 0. The van der Waals surface area contributed by atoms with Crippen molar-refractivity contribution < 1.29 is 9.90 Å². The summed E-state index contributed by atoms with van der Waals surface area (Å²) in [6.07, 6.45) is 0.726. The smallest absolute Gasteiger partial charge is 0.308 e. The Morgan fingerprint density at radius 3 is 2.78 bits per heavy atom. The summed E-state index contributed by atoms with van der Waals surface area (Å²) in [6, 6.07) is 9.91. The van der Waals surface area contributed by atoms with Crippen LogP contribution in [0.15, 0.2) is 30.3 Å². The van der Waals surface area contributed by atoms with Gasteiger partial charge in [-0.15, -0.1) is 0 Å². The fourth-order valence-electron chi connectivity index (χ4n) is 2.32. The molecule has 0 aromatic heterocycles. The molecule has 1 N–H and O–H groups in total. The molecule has 1 saturated heterocycles. The van der Waals surface area contributed by atoms with Gasteiger partial charge in [0.15, 0.2) is 0 Å². The van der Waals surface area contributed by atoms with Gasteiger partial charge in [-0.1, -0.05) is 30.0 Å². The molecule has 1 fully saturated rings. The van der Waals surface area contributed by atoms with Gasteiger partial charge in [-0.2, -0.15) is 0 Å². The van der Waals surface area contributed by atoms with Gasteiger partial charge >= 0.3 is 5.97 Å². The van der Waals surface area contributed by atoms with E-state index in [0.717, 1.165) is 18.5 Å². The van der Waals surface area contributed by atoms with E-state index in [2.05, 4.69) is 16.7 Å². The van der Waals surface area contributed by atoms with E-state index in [1.807, 2.05) is 37.3 Å². The molecule has 1 aromatic carbocycles. The number of nitrogens with zero attached hydrogens (tertiary/aromatic N) is 1. The molecule has 3 nitrogen and oxygen atoms in total. The van der Waals surface area contributed by atoms with Gasteiger partial charge in [-0.05, 0) is 25.5 Å². The molecule has 0 spiro atoms. The first-order valence-electron chi connectivity index (χ1n) is 6.19. The molecule has 1 aliphatic rings. The quantitative estimate of drug-likeness (QED) is 0.806. The number of likely N-dealkylation sites (tertiary alicyclic amines) is 1. The van der Waals surface area contributed by atoms with Crippen molar-refractivity contribution in [2.75, 3.05) is 13.1 Å². The fourth-order valence-corrected chi connectivity index (χ4v) is 2.32. The lowest BCUT2D eigenvalue weighted by Crippen LogP contribution is -2.33. The van der Waals surface area contributed by atoms with Crippen molar-refractivity contribution >= 4 is 5.97 Å².